The molecule has 1 aromatic carbocycles. The summed E-state index contributed by atoms with van der Waals surface area (Å²) in [4.78, 5) is 40.3. The summed E-state index contributed by atoms with van der Waals surface area (Å²) in [7, 11) is 0. The highest BCUT2D eigenvalue weighted by atomic mass is 16.6. The second kappa shape index (κ2) is 12.4. The third kappa shape index (κ3) is 6.92. The van der Waals surface area contributed by atoms with Crippen molar-refractivity contribution >= 4 is 29.0 Å². The Morgan fingerprint density at radius 1 is 1.15 bits per heavy atom. The molecule has 2 fully saturated rings. The number of benzene rings is 1. The number of carbonyl (C=O) groups excluding carboxylic acids is 2. The Kier molecular flexibility index (Phi) is 8.66. The number of nitrogens with two attached hydrogens (primary N) is 1. The van der Waals surface area contributed by atoms with Gasteiger partial charge in [-0.2, -0.15) is 0 Å². The predicted octanol–water partition coefficient (Wildman–Crippen LogP) is 1.45. The molecule has 5 rings (SSSR count). The Morgan fingerprint density at radius 3 is 2.59 bits per heavy atom. The van der Waals surface area contributed by atoms with Crippen LogP contribution in [0.2, 0.25) is 0 Å². The summed E-state index contributed by atoms with van der Waals surface area (Å²) in [5.74, 6) is 1.10. The average Bonchev–Trinajstić information content (AvgIpc) is 3.67. The van der Waals surface area contributed by atoms with Gasteiger partial charge in [0.1, 0.15) is 29.9 Å². The maximum atomic E-state index is 12.7. The lowest BCUT2D eigenvalue weighted by Crippen LogP contribution is -2.46. The number of aromatic nitrogens is 4. The first-order valence-electron chi connectivity index (χ1n) is 13.9. The molecule has 2 amide bonds. The van der Waals surface area contributed by atoms with Crippen LogP contribution in [-0.4, -0.2) is 84.6 Å². The molecule has 13 heteroatoms. The molecule has 3 aromatic rings. The SMILES string of the molecule is Cc1ccc(OC(=O)N2CCC(Cc3nc(N)c4ncn(CO[C@H](C(=O)NC5CC5)[C@H](O)CO)c4n3)CC2)cc1C. The molecule has 41 heavy (non-hydrogen) atoms. The van der Waals surface area contributed by atoms with Gasteiger partial charge in [-0.3, -0.25) is 9.36 Å². The van der Waals surface area contributed by atoms with Gasteiger partial charge in [-0.25, -0.2) is 19.7 Å². The highest BCUT2D eigenvalue weighted by Gasteiger charge is 2.32. The number of hydrogen-bond acceptors (Lipinski definition) is 10. The van der Waals surface area contributed by atoms with Gasteiger partial charge in [0.25, 0.3) is 5.91 Å². The van der Waals surface area contributed by atoms with Gasteiger partial charge in [0.15, 0.2) is 17.6 Å². The molecular formula is C28H37N7O6. The van der Waals surface area contributed by atoms with Gasteiger partial charge < -0.3 is 35.6 Å². The van der Waals surface area contributed by atoms with E-state index in [1.54, 1.807) is 15.5 Å². The molecule has 2 atom stereocenters. The number of aliphatic hydroxyl groups excluding tert-OH is 2. The van der Waals surface area contributed by atoms with E-state index < -0.39 is 24.7 Å². The van der Waals surface area contributed by atoms with Crippen molar-refractivity contribution in [1.82, 2.24) is 29.7 Å². The number of rotatable bonds is 10. The van der Waals surface area contributed by atoms with Crippen molar-refractivity contribution < 1.29 is 29.3 Å². The van der Waals surface area contributed by atoms with Crippen molar-refractivity contribution in [2.45, 2.75) is 70.9 Å². The van der Waals surface area contributed by atoms with E-state index in [-0.39, 0.29) is 30.6 Å². The molecule has 1 saturated carbocycles. The molecule has 2 aliphatic rings. The number of imidazole rings is 1. The fourth-order valence-electron chi connectivity index (χ4n) is 4.85. The number of piperidine rings is 1. The van der Waals surface area contributed by atoms with Crippen LogP contribution in [0.1, 0.15) is 42.6 Å². The number of nitrogen functional groups attached to an aromatic ring is 1. The molecule has 220 valence electrons. The van der Waals surface area contributed by atoms with E-state index in [1.165, 1.54) is 6.33 Å². The first kappa shape index (κ1) is 28.7. The average molecular weight is 568 g/mol. The van der Waals surface area contributed by atoms with E-state index in [9.17, 15) is 19.8 Å². The van der Waals surface area contributed by atoms with Gasteiger partial charge in [0, 0.05) is 25.6 Å². The minimum atomic E-state index is -1.37. The van der Waals surface area contributed by atoms with Gasteiger partial charge in [-0.15, -0.1) is 0 Å². The van der Waals surface area contributed by atoms with E-state index >= 15 is 0 Å². The van der Waals surface area contributed by atoms with Crippen molar-refractivity contribution in [3.8, 4) is 5.75 Å². The Bertz CT molecular complexity index is 1400. The van der Waals surface area contributed by atoms with Crippen LogP contribution in [0.5, 0.6) is 5.75 Å². The molecule has 5 N–H and O–H groups in total. The molecular weight excluding hydrogens is 530 g/mol. The van der Waals surface area contributed by atoms with Crippen molar-refractivity contribution in [2.24, 2.45) is 5.92 Å². The van der Waals surface area contributed by atoms with Gasteiger partial charge in [0.2, 0.25) is 0 Å². The smallest absolute Gasteiger partial charge is 0.410 e. The second-order valence-electron chi connectivity index (χ2n) is 10.9. The number of carbonyl (C=O) groups is 2. The van der Waals surface area contributed by atoms with Crippen LogP contribution in [0.3, 0.4) is 0 Å². The molecule has 0 radical (unpaired) electrons. The predicted molar refractivity (Wildman–Crippen MR) is 149 cm³/mol. The zero-order valence-corrected chi connectivity index (χ0v) is 23.3. The van der Waals surface area contributed by atoms with E-state index in [0.717, 1.165) is 36.8 Å². The zero-order valence-electron chi connectivity index (χ0n) is 23.3. The number of hydrogen-bond donors (Lipinski definition) is 4. The van der Waals surface area contributed by atoms with Crippen molar-refractivity contribution in [3.05, 3.63) is 41.5 Å². The lowest BCUT2D eigenvalue weighted by Gasteiger charge is -2.31. The van der Waals surface area contributed by atoms with Crippen LogP contribution in [0.25, 0.3) is 11.2 Å². The molecule has 0 unspecified atom stereocenters. The molecule has 1 aliphatic carbocycles. The van der Waals surface area contributed by atoms with Crippen LogP contribution in [0, 0.1) is 19.8 Å². The third-order valence-electron chi connectivity index (χ3n) is 7.68. The summed E-state index contributed by atoms with van der Waals surface area (Å²) in [5, 5.41) is 22.3. The number of ether oxygens (including phenoxy) is 2. The van der Waals surface area contributed by atoms with Crippen LogP contribution < -0.4 is 15.8 Å². The van der Waals surface area contributed by atoms with Crippen molar-refractivity contribution in [1.29, 1.82) is 0 Å². The zero-order chi connectivity index (χ0) is 29.1. The molecule has 1 saturated heterocycles. The van der Waals surface area contributed by atoms with Crippen LogP contribution >= 0.6 is 0 Å². The minimum Gasteiger partial charge on any atom is -0.410 e. The van der Waals surface area contributed by atoms with Crippen LogP contribution in [-0.2, 0) is 22.7 Å². The number of likely N-dealkylation sites (tertiary alicyclic amines) is 1. The molecule has 2 aromatic heterocycles. The Hall–Kier alpha value is -3.81. The monoisotopic (exact) mass is 567 g/mol. The Balaban J connectivity index is 1.19. The highest BCUT2D eigenvalue weighted by molar-refractivity contribution is 5.82. The number of aliphatic hydroxyl groups is 2. The fourth-order valence-corrected chi connectivity index (χ4v) is 4.85. The fraction of sp³-hybridized carbons (Fsp3) is 0.536. The third-order valence-corrected chi connectivity index (χ3v) is 7.68. The lowest BCUT2D eigenvalue weighted by atomic mass is 9.93. The highest BCUT2D eigenvalue weighted by Crippen LogP contribution is 2.25. The van der Waals surface area contributed by atoms with E-state index in [4.69, 9.17) is 15.2 Å². The summed E-state index contributed by atoms with van der Waals surface area (Å²) in [5.41, 5.74) is 9.25. The largest absolute Gasteiger partial charge is 0.415 e. The standard InChI is InChI=1S/C28H37N7O6/c1-16-3-6-20(11-17(16)2)41-28(39)34-9-7-18(8-10-34)12-22-32-25(29)23-26(33-22)35(14-30-23)15-40-24(21(37)13-36)27(38)31-19-4-5-19/h3,6,11,14,18-19,21,24,36-37H,4-5,7-10,12-13,15H2,1-2H3,(H,31,38)(H2,29,32,33)/t21-,24+/m1/s1. The summed E-state index contributed by atoms with van der Waals surface area (Å²) in [6.07, 6.45) is 2.39. The van der Waals surface area contributed by atoms with Crippen molar-refractivity contribution in [3.63, 3.8) is 0 Å². The molecule has 13 nitrogen and oxygen atoms in total. The number of fused-ring (bicyclic) bond motifs is 1. The first-order chi connectivity index (χ1) is 19.7. The number of nitrogens with one attached hydrogen (secondary N) is 1. The molecule has 3 heterocycles. The van der Waals surface area contributed by atoms with E-state index in [0.29, 0.717) is 42.2 Å². The van der Waals surface area contributed by atoms with E-state index in [2.05, 4.69) is 20.3 Å². The van der Waals surface area contributed by atoms with Gasteiger partial charge in [-0.1, -0.05) is 6.07 Å². The summed E-state index contributed by atoms with van der Waals surface area (Å²) in [6, 6.07) is 5.69. The quantitative estimate of drug-likeness (QED) is 0.280. The minimum absolute atomic E-state index is 0.0821. The Labute approximate surface area is 237 Å². The Morgan fingerprint density at radius 2 is 1.90 bits per heavy atom. The molecule has 1 aliphatic heterocycles. The lowest BCUT2D eigenvalue weighted by molar-refractivity contribution is -0.147. The van der Waals surface area contributed by atoms with Crippen LogP contribution in [0.15, 0.2) is 24.5 Å². The maximum absolute atomic E-state index is 12.7. The first-order valence-corrected chi connectivity index (χ1v) is 13.9. The number of anilines is 1. The van der Waals surface area contributed by atoms with Gasteiger partial charge >= 0.3 is 6.09 Å². The molecule has 0 bridgehead atoms. The van der Waals surface area contributed by atoms with Crippen LogP contribution in [0.4, 0.5) is 10.6 Å². The number of aryl methyl sites for hydroxylation is 2. The number of amides is 2. The van der Waals surface area contributed by atoms with Gasteiger partial charge in [-0.05, 0) is 68.7 Å². The molecule has 0 spiro atoms. The summed E-state index contributed by atoms with van der Waals surface area (Å²) >= 11 is 0. The number of nitrogens with zero attached hydrogens (tertiary/aromatic N) is 5. The normalized spacial score (nSPS) is 17.4. The summed E-state index contributed by atoms with van der Waals surface area (Å²) < 4.78 is 12.9. The topological polar surface area (TPSA) is 178 Å². The maximum Gasteiger partial charge on any atom is 0.415 e. The van der Waals surface area contributed by atoms with Gasteiger partial charge in [0.05, 0.1) is 12.9 Å². The second-order valence-corrected chi connectivity index (χ2v) is 10.9. The summed E-state index contributed by atoms with van der Waals surface area (Å²) in [6.45, 7) is 4.38. The van der Waals surface area contributed by atoms with E-state index in [1.807, 2.05) is 26.0 Å². The van der Waals surface area contributed by atoms with Crippen molar-refractivity contribution in [2.75, 3.05) is 25.4 Å².